The number of halogens is 1. The van der Waals surface area contributed by atoms with E-state index in [-0.39, 0.29) is 12.3 Å². The minimum absolute atomic E-state index is 0.275. The van der Waals surface area contributed by atoms with E-state index in [9.17, 15) is 14.3 Å². The number of amides is 1. The molecule has 1 aliphatic carbocycles. The lowest BCUT2D eigenvalue weighted by Gasteiger charge is -2.14. The second-order valence-electron chi connectivity index (χ2n) is 8.03. The Balaban J connectivity index is 1.58. The van der Waals surface area contributed by atoms with Crippen LogP contribution in [0.1, 0.15) is 37.1 Å². The van der Waals surface area contributed by atoms with E-state index in [0.717, 1.165) is 33.1 Å². The number of aryl methyl sites for hydroxylation is 1. The van der Waals surface area contributed by atoms with Gasteiger partial charge in [0.1, 0.15) is 12.0 Å². The Morgan fingerprint density at radius 3 is 2.81 bits per heavy atom. The van der Waals surface area contributed by atoms with Gasteiger partial charge in [-0.3, -0.25) is 14.2 Å². The molecule has 1 amide bonds. The second kappa shape index (κ2) is 7.39. The molecule has 31 heavy (non-hydrogen) atoms. The number of alkyl halides is 1. The van der Waals surface area contributed by atoms with E-state index >= 15 is 0 Å². The molecule has 0 saturated heterocycles. The highest BCUT2D eigenvalue weighted by molar-refractivity contribution is 6.01. The third kappa shape index (κ3) is 3.42. The van der Waals surface area contributed by atoms with Gasteiger partial charge in [-0.1, -0.05) is 6.92 Å². The van der Waals surface area contributed by atoms with Crippen molar-refractivity contribution in [1.82, 2.24) is 19.4 Å². The zero-order valence-electron chi connectivity index (χ0n) is 17.2. The van der Waals surface area contributed by atoms with Crippen molar-refractivity contribution in [3.8, 4) is 11.3 Å². The molecule has 1 aliphatic rings. The summed E-state index contributed by atoms with van der Waals surface area (Å²) in [6.07, 6.45) is 6.20. The van der Waals surface area contributed by atoms with Gasteiger partial charge in [-0.2, -0.15) is 0 Å². The Kier molecular flexibility index (Phi) is 4.66. The summed E-state index contributed by atoms with van der Waals surface area (Å²) in [5.41, 5.74) is 4.34. The summed E-state index contributed by atoms with van der Waals surface area (Å²) in [4.78, 5) is 25.2. The number of fused-ring (bicyclic) bond motifs is 3. The van der Waals surface area contributed by atoms with Crippen LogP contribution in [0, 0.1) is 12.8 Å². The van der Waals surface area contributed by atoms with Crippen molar-refractivity contribution in [1.29, 1.82) is 0 Å². The topological polar surface area (TPSA) is 92.4 Å². The lowest BCUT2D eigenvalue weighted by atomic mass is 10.0. The van der Waals surface area contributed by atoms with Gasteiger partial charge in [-0.15, -0.1) is 0 Å². The Hall–Kier alpha value is -3.39. The highest BCUT2D eigenvalue weighted by Gasteiger charge is 2.43. The first-order valence-corrected chi connectivity index (χ1v) is 10.3. The second-order valence-corrected chi connectivity index (χ2v) is 8.03. The smallest absolute Gasteiger partial charge is 0.231 e. The monoisotopic (exact) mass is 419 g/mol. The minimum atomic E-state index is -1.05. The number of aliphatic hydroxyl groups excluding tert-OH is 1. The molecule has 4 aromatic rings. The fraction of sp³-hybridized carbons (Fsp3) is 0.304. The van der Waals surface area contributed by atoms with Crippen molar-refractivity contribution in [2.45, 2.75) is 39.0 Å². The zero-order chi connectivity index (χ0) is 21.7. The first kappa shape index (κ1) is 19.6. The van der Waals surface area contributed by atoms with E-state index in [0.29, 0.717) is 17.9 Å². The number of aromatic nitrogens is 4. The SMILES string of the molecule is CC[C@@H](O)c1cc(C)c(-c2cc3cnc(NC(=O)[C@H]4C[C@H]4F)cc3c3cncn23)cn1. The first-order chi connectivity index (χ1) is 15.0. The van der Waals surface area contributed by atoms with Crippen molar-refractivity contribution in [2.24, 2.45) is 5.92 Å². The largest absolute Gasteiger partial charge is 0.387 e. The fourth-order valence-corrected chi connectivity index (χ4v) is 3.87. The van der Waals surface area contributed by atoms with Crippen LogP contribution in [0.4, 0.5) is 10.2 Å². The van der Waals surface area contributed by atoms with Gasteiger partial charge in [0.2, 0.25) is 5.91 Å². The molecule has 8 heteroatoms. The van der Waals surface area contributed by atoms with E-state index in [1.54, 1.807) is 31.0 Å². The van der Waals surface area contributed by atoms with Crippen LogP contribution < -0.4 is 5.32 Å². The van der Waals surface area contributed by atoms with Gasteiger partial charge >= 0.3 is 0 Å². The van der Waals surface area contributed by atoms with Crippen LogP contribution in [0.15, 0.2) is 43.1 Å². The van der Waals surface area contributed by atoms with E-state index in [2.05, 4.69) is 20.3 Å². The van der Waals surface area contributed by atoms with Crippen LogP contribution in [-0.4, -0.2) is 36.5 Å². The molecule has 5 rings (SSSR count). The zero-order valence-corrected chi connectivity index (χ0v) is 17.2. The number of rotatable bonds is 5. The maximum Gasteiger partial charge on any atom is 0.231 e. The van der Waals surface area contributed by atoms with Crippen LogP contribution in [0.3, 0.4) is 0 Å². The van der Waals surface area contributed by atoms with Gasteiger partial charge in [-0.25, -0.2) is 14.4 Å². The third-order valence-corrected chi connectivity index (χ3v) is 5.84. The molecule has 3 atom stereocenters. The molecule has 0 aliphatic heterocycles. The van der Waals surface area contributed by atoms with Gasteiger partial charge < -0.3 is 10.4 Å². The number of aliphatic hydroxyl groups is 1. The molecule has 0 bridgehead atoms. The average Bonchev–Trinajstić information content (AvgIpc) is 3.30. The van der Waals surface area contributed by atoms with Crippen LogP contribution in [-0.2, 0) is 4.79 Å². The summed E-state index contributed by atoms with van der Waals surface area (Å²) < 4.78 is 15.1. The third-order valence-electron chi connectivity index (χ3n) is 5.84. The van der Waals surface area contributed by atoms with Gasteiger partial charge in [0.25, 0.3) is 0 Å². The standard InChI is InChI=1S/C23H22FN5O2/c1-3-21(30)18-4-12(2)16(9-26-18)19-5-13-8-27-22(28-23(31)15-6-17(15)24)7-14(13)20-10-25-11-29(19)20/h4-5,7-11,15,17,21,30H,3,6H2,1-2H3,(H,27,28,31)/t15-,17+,21+/m0/s1. The van der Waals surface area contributed by atoms with E-state index in [4.69, 9.17) is 0 Å². The van der Waals surface area contributed by atoms with Crippen molar-refractivity contribution in [3.63, 3.8) is 0 Å². The summed E-state index contributed by atoms with van der Waals surface area (Å²) in [7, 11) is 0. The maximum atomic E-state index is 13.2. The quantitative estimate of drug-likeness (QED) is 0.510. The highest BCUT2D eigenvalue weighted by Crippen LogP contribution is 2.35. The van der Waals surface area contributed by atoms with Gasteiger partial charge in [-0.05, 0) is 43.5 Å². The summed E-state index contributed by atoms with van der Waals surface area (Å²) in [5.74, 6) is -0.515. The van der Waals surface area contributed by atoms with E-state index in [1.807, 2.05) is 30.4 Å². The number of hydrogen-bond donors (Lipinski definition) is 2. The summed E-state index contributed by atoms with van der Waals surface area (Å²) in [6, 6.07) is 5.69. The number of imidazole rings is 1. The number of pyridine rings is 3. The van der Waals surface area contributed by atoms with Crippen molar-refractivity contribution >= 4 is 28.0 Å². The van der Waals surface area contributed by atoms with E-state index in [1.165, 1.54) is 0 Å². The molecule has 4 aromatic heterocycles. The van der Waals surface area contributed by atoms with Crippen molar-refractivity contribution in [2.75, 3.05) is 5.32 Å². The minimum Gasteiger partial charge on any atom is -0.387 e. The van der Waals surface area contributed by atoms with Crippen molar-refractivity contribution < 1.29 is 14.3 Å². The molecule has 2 N–H and O–H groups in total. The molecule has 0 unspecified atom stereocenters. The van der Waals surface area contributed by atoms with Crippen LogP contribution in [0.25, 0.3) is 27.5 Å². The molecule has 4 heterocycles. The van der Waals surface area contributed by atoms with Gasteiger partial charge in [0.05, 0.1) is 41.5 Å². The van der Waals surface area contributed by atoms with Crippen LogP contribution >= 0.6 is 0 Å². The molecular formula is C23H22FN5O2. The number of carbonyl (C=O) groups excluding carboxylic acids is 1. The number of nitrogens with zero attached hydrogens (tertiary/aromatic N) is 4. The molecule has 1 saturated carbocycles. The maximum absolute atomic E-state index is 13.2. The molecule has 0 aromatic carbocycles. The Bertz CT molecular complexity index is 1320. The van der Waals surface area contributed by atoms with Crippen molar-refractivity contribution in [3.05, 3.63) is 54.4 Å². The highest BCUT2D eigenvalue weighted by atomic mass is 19.1. The van der Waals surface area contributed by atoms with Gasteiger partial charge in [0.15, 0.2) is 0 Å². The van der Waals surface area contributed by atoms with Crippen LogP contribution in [0.2, 0.25) is 0 Å². The predicted octanol–water partition coefficient (Wildman–Crippen LogP) is 3.99. The average molecular weight is 419 g/mol. The summed E-state index contributed by atoms with van der Waals surface area (Å²) in [5, 5.41) is 14.6. The molecule has 158 valence electrons. The van der Waals surface area contributed by atoms with Crippen LogP contribution in [0.5, 0.6) is 0 Å². The molecule has 0 spiro atoms. The summed E-state index contributed by atoms with van der Waals surface area (Å²) in [6.45, 7) is 3.90. The lowest BCUT2D eigenvalue weighted by Crippen LogP contribution is -2.15. The predicted molar refractivity (Wildman–Crippen MR) is 115 cm³/mol. The number of hydrogen-bond acceptors (Lipinski definition) is 5. The fourth-order valence-electron chi connectivity index (χ4n) is 3.87. The Morgan fingerprint density at radius 2 is 2.10 bits per heavy atom. The van der Waals surface area contributed by atoms with Gasteiger partial charge in [0, 0.05) is 28.7 Å². The van der Waals surface area contributed by atoms with E-state index < -0.39 is 18.2 Å². The first-order valence-electron chi connectivity index (χ1n) is 10.3. The number of nitrogens with one attached hydrogen (secondary N) is 1. The Labute approximate surface area is 178 Å². The number of anilines is 1. The number of carbonyl (C=O) groups is 1. The molecule has 0 radical (unpaired) electrons. The lowest BCUT2D eigenvalue weighted by molar-refractivity contribution is -0.117. The normalized spacial score (nSPS) is 19.0. The summed E-state index contributed by atoms with van der Waals surface area (Å²) >= 11 is 0. The molecule has 7 nitrogen and oxygen atoms in total. The molecular weight excluding hydrogens is 397 g/mol. The Morgan fingerprint density at radius 1 is 1.29 bits per heavy atom. The molecule has 1 fully saturated rings.